The second kappa shape index (κ2) is 7.99. The van der Waals surface area contributed by atoms with Crippen molar-refractivity contribution < 1.29 is 19.8 Å². The Morgan fingerprint density at radius 3 is 2.47 bits per heavy atom. The van der Waals surface area contributed by atoms with Crippen molar-refractivity contribution in [3.8, 4) is 0 Å². The zero-order chi connectivity index (χ0) is 14.3. The smallest absolute Gasteiger partial charge is 0.317 e. The summed E-state index contributed by atoms with van der Waals surface area (Å²) >= 11 is 0. The van der Waals surface area contributed by atoms with Crippen LogP contribution in [0.1, 0.15) is 45.4 Å². The lowest BCUT2D eigenvalue weighted by Gasteiger charge is -2.34. The van der Waals surface area contributed by atoms with Gasteiger partial charge in [0.05, 0.1) is 13.0 Å². The molecule has 0 aromatic carbocycles. The summed E-state index contributed by atoms with van der Waals surface area (Å²) in [6.45, 7) is 1.90. The van der Waals surface area contributed by atoms with Crippen LogP contribution in [0.4, 0.5) is 4.79 Å². The standard InChI is InChI=1S/C13H24N2O4/c1-10(9-12(17)18)14-13(19)15(7-8-16)11-5-3-2-4-6-11/h10-11,16H,2-9H2,1H3,(H,14,19)(H,17,18). The van der Waals surface area contributed by atoms with Gasteiger partial charge in [-0.05, 0) is 19.8 Å². The average Bonchev–Trinajstić information content (AvgIpc) is 2.35. The van der Waals surface area contributed by atoms with Crippen LogP contribution in [0.3, 0.4) is 0 Å². The van der Waals surface area contributed by atoms with Crippen molar-refractivity contribution in [1.29, 1.82) is 0 Å². The zero-order valence-electron chi connectivity index (χ0n) is 11.5. The van der Waals surface area contributed by atoms with Crippen molar-refractivity contribution >= 4 is 12.0 Å². The van der Waals surface area contributed by atoms with Crippen LogP contribution >= 0.6 is 0 Å². The molecule has 1 fully saturated rings. The highest BCUT2D eigenvalue weighted by molar-refractivity contribution is 5.76. The van der Waals surface area contributed by atoms with Gasteiger partial charge in [0.1, 0.15) is 0 Å². The molecule has 19 heavy (non-hydrogen) atoms. The van der Waals surface area contributed by atoms with Crippen molar-refractivity contribution in [3.63, 3.8) is 0 Å². The molecule has 3 N–H and O–H groups in total. The first-order valence-corrected chi connectivity index (χ1v) is 6.94. The van der Waals surface area contributed by atoms with Crippen LogP contribution in [0.25, 0.3) is 0 Å². The molecule has 0 spiro atoms. The minimum Gasteiger partial charge on any atom is -0.481 e. The second-order valence-corrected chi connectivity index (χ2v) is 5.16. The Labute approximate surface area is 113 Å². The Morgan fingerprint density at radius 2 is 1.95 bits per heavy atom. The van der Waals surface area contributed by atoms with Crippen molar-refractivity contribution in [3.05, 3.63) is 0 Å². The number of aliphatic hydroxyl groups is 1. The number of nitrogens with zero attached hydrogens (tertiary/aromatic N) is 1. The fraction of sp³-hybridized carbons (Fsp3) is 0.846. The van der Waals surface area contributed by atoms with Gasteiger partial charge in [-0.3, -0.25) is 4.79 Å². The molecule has 2 amide bonds. The molecule has 1 aliphatic carbocycles. The largest absolute Gasteiger partial charge is 0.481 e. The van der Waals surface area contributed by atoms with Crippen molar-refractivity contribution in [2.45, 2.75) is 57.5 Å². The summed E-state index contributed by atoms with van der Waals surface area (Å²) in [6, 6.07) is -0.512. The predicted molar refractivity (Wildman–Crippen MR) is 70.9 cm³/mol. The summed E-state index contributed by atoms with van der Waals surface area (Å²) in [5.41, 5.74) is 0. The minimum absolute atomic E-state index is 0.0722. The van der Waals surface area contributed by atoms with E-state index in [0.29, 0.717) is 6.54 Å². The third kappa shape index (κ3) is 5.46. The fourth-order valence-electron chi connectivity index (χ4n) is 2.56. The summed E-state index contributed by atoms with van der Waals surface area (Å²) in [5, 5.41) is 20.5. The maximum absolute atomic E-state index is 12.1. The highest BCUT2D eigenvalue weighted by atomic mass is 16.4. The Balaban J connectivity index is 2.53. The molecule has 1 atom stereocenters. The molecule has 0 aromatic heterocycles. The van der Waals surface area contributed by atoms with Crippen LogP contribution in [0, 0.1) is 0 Å². The maximum Gasteiger partial charge on any atom is 0.317 e. The van der Waals surface area contributed by atoms with E-state index in [2.05, 4.69) is 5.32 Å². The van der Waals surface area contributed by atoms with Gasteiger partial charge in [0.15, 0.2) is 0 Å². The van der Waals surface area contributed by atoms with E-state index in [1.807, 2.05) is 0 Å². The lowest BCUT2D eigenvalue weighted by atomic mass is 9.94. The Hall–Kier alpha value is -1.30. The monoisotopic (exact) mass is 272 g/mol. The molecule has 0 radical (unpaired) electrons. The Kier molecular flexibility index (Phi) is 6.62. The molecule has 110 valence electrons. The summed E-state index contributed by atoms with van der Waals surface area (Å²) in [6.07, 6.45) is 5.22. The van der Waals surface area contributed by atoms with E-state index in [1.165, 1.54) is 6.42 Å². The fourth-order valence-corrected chi connectivity index (χ4v) is 2.56. The molecule has 0 aliphatic heterocycles. The molecule has 0 saturated heterocycles. The van der Waals surface area contributed by atoms with Gasteiger partial charge in [-0.25, -0.2) is 4.79 Å². The SMILES string of the molecule is CC(CC(=O)O)NC(=O)N(CCO)C1CCCCC1. The molecule has 6 heteroatoms. The van der Waals surface area contributed by atoms with E-state index < -0.39 is 12.0 Å². The van der Waals surface area contributed by atoms with E-state index >= 15 is 0 Å². The first-order chi connectivity index (χ1) is 9.04. The lowest BCUT2D eigenvalue weighted by molar-refractivity contribution is -0.137. The van der Waals surface area contributed by atoms with E-state index in [-0.39, 0.29) is 25.1 Å². The molecule has 0 heterocycles. The number of aliphatic hydroxyl groups excluding tert-OH is 1. The van der Waals surface area contributed by atoms with Gasteiger partial charge in [-0.15, -0.1) is 0 Å². The first kappa shape index (κ1) is 15.8. The highest BCUT2D eigenvalue weighted by Gasteiger charge is 2.25. The van der Waals surface area contributed by atoms with Crippen LogP contribution in [0.2, 0.25) is 0 Å². The van der Waals surface area contributed by atoms with Crippen LogP contribution in [0.15, 0.2) is 0 Å². The molecular formula is C13H24N2O4. The van der Waals surface area contributed by atoms with Gasteiger partial charge >= 0.3 is 12.0 Å². The van der Waals surface area contributed by atoms with Crippen LogP contribution in [-0.4, -0.2) is 52.3 Å². The number of urea groups is 1. The van der Waals surface area contributed by atoms with Crippen LogP contribution < -0.4 is 5.32 Å². The number of hydrogen-bond acceptors (Lipinski definition) is 3. The quantitative estimate of drug-likeness (QED) is 0.677. The first-order valence-electron chi connectivity index (χ1n) is 6.94. The topological polar surface area (TPSA) is 89.9 Å². The number of nitrogens with one attached hydrogen (secondary N) is 1. The summed E-state index contributed by atoms with van der Waals surface area (Å²) in [7, 11) is 0. The van der Waals surface area contributed by atoms with Gasteiger partial charge in [-0.1, -0.05) is 19.3 Å². The summed E-state index contributed by atoms with van der Waals surface area (Å²) in [5.74, 6) is -0.931. The van der Waals surface area contributed by atoms with Gasteiger partial charge in [0, 0.05) is 18.6 Å². The molecular weight excluding hydrogens is 248 g/mol. The number of amides is 2. The number of carboxylic acids is 1. The van der Waals surface area contributed by atoms with Gasteiger partial charge in [-0.2, -0.15) is 0 Å². The van der Waals surface area contributed by atoms with E-state index in [9.17, 15) is 9.59 Å². The van der Waals surface area contributed by atoms with E-state index in [0.717, 1.165) is 25.7 Å². The molecule has 1 aliphatic rings. The van der Waals surface area contributed by atoms with Crippen molar-refractivity contribution in [2.75, 3.05) is 13.2 Å². The average molecular weight is 272 g/mol. The number of carboxylic acid groups (broad SMARTS) is 1. The number of carbonyl (C=O) groups excluding carboxylic acids is 1. The van der Waals surface area contributed by atoms with Crippen molar-refractivity contribution in [1.82, 2.24) is 10.2 Å². The van der Waals surface area contributed by atoms with Gasteiger partial charge < -0.3 is 20.4 Å². The van der Waals surface area contributed by atoms with Crippen molar-refractivity contribution in [2.24, 2.45) is 0 Å². The molecule has 1 unspecified atom stereocenters. The minimum atomic E-state index is -0.931. The number of rotatable bonds is 6. The highest BCUT2D eigenvalue weighted by Crippen LogP contribution is 2.22. The molecule has 0 aromatic rings. The summed E-state index contributed by atoms with van der Waals surface area (Å²) in [4.78, 5) is 24.4. The maximum atomic E-state index is 12.1. The molecule has 1 saturated carbocycles. The lowest BCUT2D eigenvalue weighted by Crippen LogP contribution is -2.50. The normalized spacial score (nSPS) is 17.8. The summed E-state index contributed by atoms with van der Waals surface area (Å²) < 4.78 is 0. The number of hydrogen-bond donors (Lipinski definition) is 3. The van der Waals surface area contributed by atoms with E-state index in [1.54, 1.807) is 11.8 Å². The molecule has 6 nitrogen and oxygen atoms in total. The molecule has 0 bridgehead atoms. The zero-order valence-corrected chi connectivity index (χ0v) is 11.5. The third-order valence-corrected chi connectivity index (χ3v) is 3.47. The Bertz CT molecular complexity index is 303. The molecule has 1 rings (SSSR count). The second-order valence-electron chi connectivity index (χ2n) is 5.16. The van der Waals surface area contributed by atoms with Gasteiger partial charge in [0.2, 0.25) is 0 Å². The van der Waals surface area contributed by atoms with Crippen LogP contribution in [0.5, 0.6) is 0 Å². The van der Waals surface area contributed by atoms with E-state index in [4.69, 9.17) is 10.2 Å². The number of aliphatic carboxylic acids is 1. The number of carbonyl (C=O) groups is 2. The Morgan fingerprint density at radius 1 is 1.32 bits per heavy atom. The third-order valence-electron chi connectivity index (χ3n) is 3.47. The van der Waals surface area contributed by atoms with Crippen LogP contribution in [-0.2, 0) is 4.79 Å². The van der Waals surface area contributed by atoms with Gasteiger partial charge in [0.25, 0.3) is 0 Å². The predicted octanol–water partition coefficient (Wildman–Crippen LogP) is 1.19.